The van der Waals surface area contributed by atoms with Crippen LogP contribution in [-0.4, -0.2) is 19.6 Å². The van der Waals surface area contributed by atoms with Crippen LogP contribution in [0.5, 0.6) is 5.75 Å². The van der Waals surface area contributed by atoms with E-state index in [0.717, 1.165) is 77.8 Å². The molecule has 0 aliphatic carbocycles. The zero-order valence-corrected chi connectivity index (χ0v) is 33.3. The molecule has 0 radical (unpaired) electrons. The zero-order valence-electron chi connectivity index (χ0n) is 31.0. The second-order valence-electron chi connectivity index (χ2n) is 15.9. The Bertz CT molecular complexity index is 2390. The van der Waals surface area contributed by atoms with Crippen molar-refractivity contribution in [1.82, 2.24) is 14.5 Å². The van der Waals surface area contributed by atoms with E-state index in [0.29, 0.717) is 0 Å². The Morgan fingerprint density at radius 2 is 1.33 bits per heavy atom. The predicted octanol–water partition coefficient (Wildman–Crippen LogP) is 12.2. The monoisotopic (exact) mass is 851 g/mol. The molecule has 7 aromatic rings. The molecule has 0 atom stereocenters. The van der Waals surface area contributed by atoms with Crippen LogP contribution in [0.25, 0.3) is 66.7 Å². The molecule has 2 aromatic heterocycles. The van der Waals surface area contributed by atoms with E-state index in [1.165, 1.54) is 5.56 Å². The number of phenols is 1. The summed E-state index contributed by atoms with van der Waals surface area (Å²) < 4.78 is 2.28. The molecule has 0 unspecified atom stereocenters. The van der Waals surface area contributed by atoms with Crippen LogP contribution in [0.4, 0.5) is 0 Å². The van der Waals surface area contributed by atoms with Crippen LogP contribution in [0.2, 0.25) is 0 Å². The quantitative estimate of drug-likeness (QED) is 0.176. The fourth-order valence-electron chi connectivity index (χ4n) is 6.94. The molecule has 1 N–H and O–H groups in total. The third kappa shape index (κ3) is 6.79. The number of fused-ring (bicyclic) bond motifs is 2. The zero-order chi connectivity index (χ0) is 35.5. The van der Waals surface area contributed by atoms with Crippen LogP contribution in [0.3, 0.4) is 0 Å². The van der Waals surface area contributed by atoms with Crippen LogP contribution in [0.15, 0.2) is 103 Å². The summed E-state index contributed by atoms with van der Waals surface area (Å²) in [6.07, 6.45) is 1.87. The van der Waals surface area contributed by atoms with Gasteiger partial charge in [-0.2, -0.15) is 0 Å². The summed E-state index contributed by atoms with van der Waals surface area (Å²) in [4.78, 5) is 10.3. The van der Waals surface area contributed by atoms with Gasteiger partial charge in [0.05, 0.1) is 16.6 Å². The van der Waals surface area contributed by atoms with Crippen LogP contribution in [0, 0.1) is 13.0 Å². The number of hydrogen-bond acceptors (Lipinski definition) is 3. The maximum atomic E-state index is 11.3. The molecule has 0 saturated carbocycles. The molecule has 51 heavy (non-hydrogen) atoms. The number of imidazole rings is 1. The van der Waals surface area contributed by atoms with E-state index in [1.807, 2.05) is 18.3 Å². The minimum Gasteiger partial charge on any atom is -0.507 e. The third-order valence-corrected chi connectivity index (χ3v) is 9.79. The van der Waals surface area contributed by atoms with Gasteiger partial charge in [0.25, 0.3) is 0 Å². The number of hydrogen-bond donors (Lipinski definition) is 1. The summed E-state index contributed by atoms with van der Waals surface area (Å²) in [5.41, 5.74) is 13.3. The number of aromatic hydroxyl groups is 1. The summed E-state index contributed by atoms with van der Waals surface area (Å²) in [7, 11) is 0. The van der Waals surface area contributed by atoms with Crippen LogP contribution in [0.1, 0.15) is 78.1 Å². The van der Waals surface area contributed by atoms with Crippen molar-refractivity contribution in [2.45, 2.75) is 79.2 Å². The molecule has 262 valence electrons. The number of rotatable bonds is 5. The van der Waals surface area contributed by atoms with Gasteiger partial charge in [0.2, 0.25) is 0 Å². The van der Waals surface area contributed by atoms with E-state index in [1.54, 1.807) is 6.07 Å². The van der Waals surface area contributed by atoms with Gasteiger partial charge < -0.3 is 9.67 Å². The first kappa shape index (κ1) is 36.3. The van der Waals surface area contributed by atoms with Gasteiger partial charge >= 0.3 is 0 Å². The molecular formula is C46H46N3OPt-. The molecule has 5 heteroatoms. The van der Waals surface area contributed by atoms with Crippen molar-refractivity contribution in [3.63, 3.8) is 0 Å². The van der Waals surface area contributed by atoms with E-state index in [2.05, 4.69) is 152 Å². The van der Waals surface area contributed by atoms with Crippen molar-refractivity contribution in [2.24, 2.45) is 0 Å². The van der Waals surface area contributed by atoms with Gasteiger partial charge in [-0.3, -0.25) is 4.98 Å². The number of nitrogens with zero attached hydrogens (tertiary/aromatic N) is 3. The molecule has 0 spiro atoms. The van der Waals surface area contributed by atoms with E-state index < -0.39 is 0 Å². The third-order valence-electron chi connectivity index (χ3n) is 9.79. The Morgan fingerprint density at radius 1 is 0.667 bits per heavy atom. The average Bonchev–Trinajstić information content (AvgIpc) is 3.49. The fourth-order valence-corrected chi connectivity index (χ4v) is 6.94. The van der Waals surface area contributed by atoms with Gasteiger partial charge in [-0.1, -0.05) is 125 Å². The second kappa shape index (κ2) is 13.5. The Labute approximate surface area is 316 Å². The van der Waals surface area contributed by atoms with Crippen molar-refractivity contribution in [3.8, 4) is 50.5 Å². The minimum atomic E-state index is -0.0786. The summed E-state index contributed by atoms with van der Waals surface area (Å²) >= 11 is 0. The van der Waals surface area contributed by atoms with Gasteiger partial charge in [0.15, 0.2) is 0 Å². The molecule has 0 fully saturated rings. The number of pyridine rings is 1. The molecular weight excluding hydrogens is 806 g/mol. The number of phenolic OH excluding ortho intramolecular Hbond substituents is 1. The Hall–Kier alpha value is -4.53. The van der Waals surface area contributed by atoms with E-state index in [-0.39, 0.29) is 43.7 Å². The van der Waals surface area contributed by atoms with E-state index >= 15 is 0 Å². The molecule has 2 heterocycles. The molecule has 0 saturated heterocycles. The summed E-state index contributed by atoms with van der Waals surface area (Å²) in [5, 5.41) is 12.4. The first-order valence-corrected chi connectivity index (χ1v) is 17.6. The van der Waals surface area contributed by atoms with Gasteiger partial charge in [0, 0.05) is 38.8 Å². The topological polar surface area (TPSA) is 50.9 Å². The van der Waals surface area contributed by atoms with Crippen molar-refractivity contribution < 1.29 is 26.2 Å². The number of benzene rings is 5. The minimum absolute atomic E-state index is 0. The standard InChI is InChI=1S/C46H46N3O.Pt/c1-28(2)49-43-29(3)17-19-37(42(43)48-44(49)39-26-35(45(4,5)6)18-20-40(39)50)33-22-32(30-14-11-10-12-15-30)23-34(24-33)38-27-36(46(7,8)9)25-31-16-13-21-47-41(31)38;/h10-23,25-28,50H,1-9H3;/q-1;. The van der Waals surface area contributed by atoms with Crippen molar-refractivity contribution >= 4 is 21.9 Å². The van der Waals surface area contributed by atoms with Crippen LogP contribution >= 0.6 is 0 Å². The SMILES string of the molecule is Cc1ccc(-c2[c-]c(-c3cc(C(C)(C)C)cc4cccnc34)cc(-c3ccccc3)c2)c2nc(-c3cc(C(C)(C)C)ccc3O)n(C(C)C)c12.[Pt]. The summed E-state index contributed by atoms with van der Waals surface area (Å²) in [5.74, 6) is 0.995. The van der Waals surface area contributed by atoms with Crippen molar-refractivity contribution in [1.29, 1.82) is 0 Å². The molecule has 0 aliphatic heterocycles. The predicted molar refractivity (Wildman–Crippen MR) is 210 cm³/mol. The largest absolute Gasteiger partial charge is 0.507 e. The molecule has 5 aromatic carbocycles. The first-order valence-electron chi connectivity index (χ1n) is 17.6. The Morgan fingerprint density at radius 3 is 2.00 bits per heavy atom. The molecule has 0 aliphatic rings. The molecule has 0 bridgehead atoms. The summed E-state index contributed by atoms with van der Waals surface area (Å²) in [6.45, 7) is 19.9. The van der Waals surface area contributed by atoms with Crippen LogP contribution in [-0.2, 0) is 31.9 Å². The second-order valence-corrected chi connectivity index (χ2v) is 15.9. The Balaban J connectivity index is 0.00000448. The number of aromatic nitrogens is 3. The van der Waals surface area contributed by atoms with Crippen LogP contribution < -0.4 is 0 Å². The molecule has 0 amide bonds. The maximum absolute atomic E-state index is 11.3. The summed E-state index contributed by atoms with van der Waals surface area (Å²) in [6, 6.07) is 38.0. The maximum Gasteiger partial charge on any atom is 0.144 e. The molecule has 4 nitrogen and oxygen atoms in total. The first-order chi connectivity index (χ1) is 23.7. The number of aryl methyl sites for hydroxylation is 1. The van der Waals surface area contributed by atoms with Gasteiger partial charge in [-0.05, 0) is 77.4 Å². The van der Waals surface area contributed by atoms with E-state index in [4.69, 9.17) is 9.97 Å². The van der Waals surface area contributed by atoms with Gasteiger partial charge in [-0.15, -0.1) is 29.3 Å². The normalized spacial score (nSPS) is 12.1. The van der Waals surface area contributed by atoms with Gasteiger partial charge in [0.1, 0.15) is 11.6 Å². The van der Waals surface area contributed by atoms with Gasteiger partial charge in [-0.25, -0.2) is 4.98 Å². The fraction of sp³-hybridized carbons (Fsp3) is 0.261. The average molecular weight is 852 g/mol. The van der Waals surface area contributed by atoms with Crippen molar-refractivity contribution in [3.05, 3.63) is 126 Å². The smallest absolute Gasteiger partial charge is 0.144 e. The van der Waals surface area contributed by atoms with E-state index in [9.17, 15) is 5.11 Å². The van der Waals surface area contributed by atoms with Crippen molar-refractivity contribution in [2.75, 3.05) is 0 Å². The Kier molecular flexibility index (Phi) is 9.63. The molecule has 7 rings (SSSR count).